The number of aliphatic hydroxyl groups is 1. The number of carbonyl (C=O) groups excluding carboxylic acids is 2. The van der Waals surface area contributed by atoms with Crippen molar-refractivity contribution in [2.75, 3.05) is 7.11 Å². The number of ketones is 1. The first kappa shape index (κ1) is 20.5. The van der Waals surface area contributed by atoms with Gasteiger partial charge in [-0.1, -0.05) is 24.3 Å². The fourth-order valence-electron chi connectivity index (χ4n) is 3.60. The highest BCUT2D eigenvalue weighted by molar-refractivity contribution is 7.09. The summed E-state index contributed by atoms with van der Waals surface area (Å²) in [5.74, 6) is -2.16. The van der Waals surface area contributed by atoms with Crippen molar-refractivity contribution in [2.45, 2.75) is 12.6 Å². The van der Waals surface area contributed by atoms with Crippen molar-refractivity contribution in [2.24, 2.45) is 0 Å². The summed E-state index contributed by atoms with van der Waals surface area (Å²) in [7, 11) is 1.48. The van der Waals surface area contributed by atoms with E-state index in [-0.39, 0.29) is 29.4 Å². The normalized spacial score (nSPS) is 17.8. The number of hydrogen-bond donors (Lipinski definition) is 3. The molecule has 2 aromatic carbocycles. The Labute approximate surface area is 182 Å². The largest absolute Gasteiger partial charge is 0.507 e. The lowest BCUT2D eigenvalue weighted by atomic mass is 9.95. The van der Waals surface area contributed by atoms with E-state index < -0.39 is 17.7 Å². The van der Waals surface area contributed by atoms with Gasteiger partial charge in [0.2, 0.25) is 0 Å². The van der Waals surface area contributed by atoms with Gasteiger partial charge in [0.1, 0.15) is 11.5 Å². The van der Waals surface area contributed by atoms with Gasteiger partial charge < -0.3 is 25.0 Å². The monoisotopic (exact) mass is 437 g/mol. The highest BCUT2D eigenvalue weighted by atomic mass is 32.1. The van der Waals surface area contributed by atoms with Gasteiger partial charge in [0, 0.05) is 10.4 Å². The van der Waals surface area contributed by atoms with Gasteiger partial charge in [0.25, 0.3) is 11.7 Å². The van der Waals surface area contributed by atoms with Crippen molar-refractivity contribution in [3.8, 4) is 17.2 Å². The number of carbonyl (C=O) groups is 2. The van der Waals surface area contributed by atoms with E-state index in [1.165, 1.54) is 41.5 Å². The van der Waals surface area contributed by atoms with E-state index in [0.29, 0.717) is 16.9 Å². The average Bonchev–Trinajstić information content (AvgIpc) is 3.38. The maximum Gasteiger partial charge on any atom is 0.295 e. The van der Waals surface area contributed by atoms with Crippen molar-refractivity contribution in [1.29, 1.82) is 0 Å². The first-order valence-electron chi connectivity index (χ1n) is 9.37. The smallest absolute Gasteiger partial charge is 0.295 e. The van der Waals surface area contributed by atoms with E-state index in [0.717, 1.165) is 4.88 Å². The molecule has 3 aromatic rings. The second-order valence-corrected chi connectivity index (χ2v) is 8.02. The van der Waals surface area contributed by atoms with Crippen LogP contribution in [0.4, 0.5) is 0 Å². The molecule has 7 nitrogen and oxygen atoms in total. The lowest BCUT2D eigenvalue weighted by Gasteiger charge is -2.25. The minimum atomic E-state index is -0.945. The quantitative estimate of drug-likeness (QED) is 0.243. The van der Waals surface area contributed by atoms with E-state index in [4.69, 9.17) is 4.74 Å². The van der Waals surface area contributed by atoms with Crippen LogP contribution in [0.3, 0.4) is 0 Å². The highest BCUT2D eigenvalue weighted by Crippen LogP contribution is 2.42. The Morgan fingerprint density at radius 1 is 1.06 bits per heavy atom. The first-order valence-corrected chi connectivity index (χ1v) is 10.3. The number of benzene rings is 2. The standard InChI is InChI=1S/C23H19NO6S/c1-30-15-5-2-4-14(10-15)21(27)19-20(13-7-8-17(25)18(26)11-13)24(23(29)22(19)28)12-16-6-3-9-31-16/h2-11,20,25-27H,12H2,1H3/b21-19+. The van der Waals surface area contributed by atoms with E-state index in [9.17, 15) is 24.9 Å². The lowest BCUT2D eigenvalue weighted by molar-refractivity contribution is -0.140. The molecule has 1 aromatic heterocycles. The Morgan fingerprint density at radius 2 is 1.87 bits per heavy atom. The second-order valence-electron chi connectivity index (χ2n) is 6.99. The molecular formula is C23H19NO6S. The van der Waals surface area contributed by atoms with Crippen molar-refractivity contribution < 1.29 is 29.6 Å². The summed E-state index contributed by atoms with van der Waals surface area (Å²) in [5, 5.41) is 32.6. The number of amides is 1. The van der Waals surface area contributed by atoms with E-state index in [2.05, 4.69) is 0 Å². The number of aromatic hydroxyl groups is 2. The molecule has 8 heteroatoms. The number of nitrogens with zero attached hydrogens (tertiary/aromatic N) is 1. The summed E-state index contributed by atoms with van der Waals surface area (Å²) in [6.07, 6.45) is 0. The molecule has 4 rings (SSSR count). The third-order valence-corrected chi connectivity index (χ3v) is 5.97. The van der Waals surface area contributed by atoms with Crippen molar-refractivity contribution in [1.82, 2.24) is 4.90 Å². The molecule has 1 unspecified atom stereocenters. The van der Waals surface area contributed by atoms with Crippen LogP contribution < -0.4 is 4.74 Å². The van der Waals surface area contributed by atoms with E-state index in [1.807, 2.05) is 17.5 Å². The molecular weight excluding hydrogens is 418 g/mol. The number of rotatable bonds is 5. The molecule has 158 valence electrons. The number of Topliss-reactive ketones (excluding diaryl/α,β-unsaturated/α-hetero) is 1. The Kier molecular flexibility index (Phi) is 5.39. The van der Waals surface area contributed by atoms with E-state index in [1.54, 1.807) is 24.3 Å². The molecule has 0 radical (unpaired) electrons. The highest BCUT2D eigenvalue weighted by Gasteiger charge is 2.46. The molecule has 1 saturated heterocycles. The lowest BCUT2D eigenvalue weighted by Crippen LogP contribution is -2.28. The Hall–Kier alpha value is -3.78. The van der Waals surface area contributed by atoms with Crippen LogP contribution in [0.1, 0.15) is 22.0 Å². The number of aliphatic hydroxyl groups excluding tert-OH is 1. The molecule has 0 aliphatic carbocycles. The average molecular weight is 437 g/mol. The molecule has 1 fully saturated rings. The van der Waals surface area contributed by atoms with Crippen LogP contribution in [0, 0.1) is 0 Å². The molecule has 1 aliphatic rings. The van der Waals surface area contributed by atoms with E-state index >= 15 is 0 Å². The van der Waals surface area contributed by atoms with Gasteiger partial charge in [-0.25, -0.2) is 0 Å². The topological polar surface area (TPSA) is 107 Å². The van der Waals surface area contributed by atoms with Crippen LogP contribution in [0.2, 0.25) is 0 Å². The molecule has 0 bridgehead atoms. The molecule has 1 amide bonds. The third kappa shape index (κ3) is 3.73. The van der Waals surface area contributed by atoms with Crippen LogP contribution in [0.15, 0.2) is 65.6 Å². The van der Waals surface area contributed by atoms with Crippen LogP contribution in [-0.4, -0.2) is 39.0 Å². The first-order chi connectivity index (χ1) is 14.9. The Bertz CT molecular complexity index is 1180. The van der Waals surface area contributed by atoms with Gasteiger partial charge in [0.15, 0.2) is 11.5 Å². The summed E-state index contributed by atoms with van der Waals surface area (Å²) in [6.45, 7) is 0.156. The summed E-state index contributed by atoms with van der Waals surface area (Å²) >= 11 is 1.44. The molecule has 0 spiro atoms. The summed E-state index contributed by atoms with van der Waals surface area (Å²) in [4.78, 5) is 28.1. The Balaban J connectivity index is 1.89. The minimum Gasteiger partial charge on any atom is -0.507 e. The minimum absolute atomic E-state index is 0.0973. The number of hydrogen-bond acceptors (Lipinski definition) is 7. The molecule has 1 atom stereocenters. The molecule has 1 aliphatic heterocycles. The third-order valence-electron chi connectivity index (χ3n) is 5.10. The molecule has 0 saturated carbocycles. The number of methoxy groups -OCH3 is 1. The van der Waals surface area contributed by atoms with Crippen molar-refractivity contribution >= 4 is 28.8 Å². The number of likely N-dealkylation sites (tertiary alicyclic amines) is 1. The fourth-order valence-corrected chi connectivity index (χ4v) is 4.30. The molecule has 2 heterocycles. The zero-order valence-electron chi connectivity index (χ0n) is 16.5. The van der Waals surface area contributed by atoms with Crippen LogP contribution >= 0.6 is 11.3 Å². The van der Waals surface area contributed by atoms with Gasteiger partial charge in [-0.05, 0) is 41.3 Å². The second kappa shape index (κ2) is 8.16. The number of thiophene rings is 1. The zero-order valence-corrected chi connectivity index (χ0v) is 17.3. The van der Waals surface area contributed by atoms with Crippen LogP contribution in [0.5, 0.6) is 17.2 Å². The fraction of sp³-hybridized carbons (Fsp3) is 0.130. The van der Waals surface area contributed by atoms with Crippen LogP contribution in [-0.2, 0) is 16.1 Å². The van der Waals surface area contributed by atoms with Gasteiger partial charge in [0.05, 0.1) is 25.3 Å². The van der Waals surface area contributed by atoms with Crippen molar-refractivity contribution in [3.63, 3.8) is 0 Å². The summed E-state index contributed by atoms with van der Waals surface area (Å²) < 4.78 is 5.19. The molecule has 31 heavy (non-hydrogen) atoms. The van der Waals surface area contributed by atoms with Crippen molar-refractivity contribution in [3.05, 3.63) is 81.6 Å². The van der Waals surface area contributed by atoms with Gasteiger partial charge >= 0.3 is 0 Å². The predicted octanol–water partition coefficient (Wildman–Crippen LogP) is 3.79. The number of phenolic OH excluding ortho intramolecular Hbond substituents is 2. The maximum absolute atomic E-state index is 13.0. The number of phenols is 2. The van der Waals surface area contributed by atoms with Gasteiger partial charge in [-0.2, -0.15) is 0 Å². The summed E-state index contributed by atoms with van der Waals surface area (Å²) in [6, 6.07) is 13.3. The summed E-state index contributed by atoms with van der Waals surface area (Å²) in [5.41, 5.74) is 0.608. The molecule has 3 N–H and O–H groups in total. The Morgan fingerprint density at radius 3 is 2.55 bits per heavy atom. The van der Waals surface area contributed by atoms with Gasteiger partial charge in [-0.3, -0.25) is 9.59 Å². The van der Waals surface area contributed by atoms with Gasteiger partial charge in [-0.15, -0.1) is 11.3 Å². The van der Waals surface area contributed by atoms with Crippen LogP contribution in [0.25, 0.3) is 5.76 Å². The predicted molar refractivity (Wildman–Crippen MR) is 115 cm³/mol. The number of ether oxygens (including phenoxy) is 1. The SMILES string of the molecule is COc1cccc(/C(O)=C2\C(=O)C(=O)N(Cc3cccs3)C2c2ccc(O)c(O)c2)c1. The maximum atomic E-state index is 13.0. The zero-order chi connectivity index (χ0) is 22.1.